The Hall–Kier alpha value is -3.56. The molecular weight excluding hydrogens is 468 g/mol. The largest absolute Gasteiger partial charge is 0.493 e. The molecule has 3 rings (SSSR count). The number of carbonyl (C=O) groups excluding carboxylic acids is 1. The van der Waals surface area contributed by atoms with E-state index < -0.39 is 5.91 Å². The SMILES string of the molecule is COc1cc(/C=C(/C#N)C(=O)Nc2cc(C)ccc2C)ccc1OCc1ccc(Br)cc1. The van der Waals surface area contributed by atoms with Crippen LogP contribution in [0.2, 0.25) is 0 Å². The molecule has 1 amide bonds. The van der Waals surface area contributed by atoms with Crippen molar-refractivity contribution in [3.05, 3.63) is 93.0 Å². The van der Waals surface area contributed by atoms with Gasteiger partial charge in [0.05, 0.1) is 7.11 Å². The maximum atomic E-state index is 12.7. The lowest BCUT2D eigenvalue weighted by Gasteiger charge is -2.12. The third kappa shape index (κ3) is 5.99. The van der Waals surface area contributed by atoms with Crippen LogP contribution < -0.4 is 14.8 Å². The Balaban J connectivity index is 1.76. The molecule has 0 atom stereocenters. The molecular formula is C26H23BrN2O3. The van der Waals surface area contributed by atoms with Gasteiger partial charge in [0.15, 0.2) is 11.5 Å². The third-order valence-electron chi connectivity index (χ3n) is 4.81. The van der Waals surface area contributed by atoms with Crippen molar-refractivity contribution in [3.8, 4) is 17.6 Å². The van der Waals surface area contributed by atoms with Gasteiger partial charge < -0.3 is 14.8 Å². The number of nitriles is 1. The minimum atomic E-state index is -0.462. The average Bonchev–Trinajstić information content (AvgIpc) is 2.79. The van der Waals surface area contributed by atoms with Gasteiger partial charge in [-0.05, 0) is 72.5 Å². The summed E-state index contributed by atoms with van der Waals surface area (Å²) >= 11 is 3.42. The minimum Gasteiger partial charge on any atom is -0.493 e. The third-order valence-corrected chi connectivity index (χ3v) is 5.34. The molecule has 0 unspecified atom stereocenters. The zero-order chi connectivity index (χ0) is 23.1. The molecule has 0 aromatic heterocycles. The van der Waals surface area contributed by atoms with Crippen molar-refractivity contribution < 1.29 is 14.3 Å². The Kier molecular flexibility index (Phi) is 7.69. The van der Waals surface area contributed by atoms with Gasteiger partial charge in [-0.25, -0.2) is 0 Å². The lowest BCUT2D eigenvalue weighted by atomic mass is 10.1. The highest BCUT2D eigenvalue weighted by Gasteiger charge is 2.12. The molecule has 0 saturated heterocycles. The number of halogens is 1. The molecule has 1 N–H and O–H groups in total. The quantitative estimate of drug-likeness (QED) is 0.316. The van der Waals surface area contributed by atoms with Crippen molar-refractivity contribution in [2.24, 2.45) is 0 Å². The van der Waals surface area contributed by atoms with E-state index in [1.165, 1.54) is 6.08 Å². The molecule has 162 valence electrons. The zero-order valence-corrected chi connectivity index (χ0v) is 19.7. The number of benzene rings is 3. The van der Waals surface area contributed by atoms with Gasteiger partial charge in [0.1, 0.15) is 18.2 Å². The van der Waals surface area contributed by atoms with Crippen LogP contribution in [0.25, 0.3) is 6.08 Å². The standard InChI is InChI=1S/C26H23BrN2O3/c1-17-4-5-18(2)23(12-17)29-26(30)21(15-28)13-20-8-11-24(25(14-20)31-3)32-16-19-6-9-22(27)10-7-19/h4-14H,16H2,1-3H3,(H,29,30)/b21-13-. The van der Waals surface area contributed by atoms with Gasteiger partial charge in [0.2, 0.25) is 0 Å². The fourth-order valence-corrected chi connectivity index (χ4v) is 3.27. The number of anilines is 1. The second-order valence-corrected chi connectivity index (χ2v) is 8.18. The number of ether oxygens (including phenoxy) is 2. The number of rotatable bonds is 7. The first-order valence-electron chi connectivity index (χ1n) is 9.95. The summed E-state index contributed by atoms with van der Waals surface area (Å²) in [6.45, 7) is 4.24. The second kappa shape index (κ2) is 10.7. The summed E-state index contributed by atoms with van der Waals surface area (Å²) in [7, 11) is 1.55. The molecule has 0 fully saturated rings. The van der Waals surface area contributed by atoms with Crippen LogP contribution in [-0.2, 0) is 11.4 Å². The molecule has 3 aromatic carbocycles. The molecule has 0 radical (unpaired) electrons. The Morgan fingerprint density at radius 1 is 1.06 bits per heavy atom. The van der Waals surface area contributed by atoms with Gasteiger partial charge in [-0.15, -0.1) is 0 Å². The van der Waals surface area contributed by atoms with Crippen LogP contribution in [-0.4, -0.2) is 13.0 Å². The first kappa shape index (κ1) is 23.1. The van der Waals surface area contributed by atoms with Gasteiger partial charge in [-0.1, -0.05) is 46.3 Å². The van der Waals surface area contributed by atoms with Gasteiger partial charge in [0, 0.05) is 10.2 Å². The van der Waals surface area contributed by atoms with Crippen molar-refractivity contribution in [1.82, 2.24) is 0 Å². The number of aryl methyl sites for hydroxylation is 2. The number of nitrogens with one attached hydrogen (secondary N) is 1. The van der Waals surface area contributed by atoms with E-state index in [4.69, 9.17) is 9.47 Å². The van der Waals surface area contributed by atoms with E-state index in [0.717, 1.165) is 21.2 Å². The van der Waals surface area contributed by atoms with E-state index >= 15 is 0 Å². The summed E-state index contributed by atoms with van der Waals surface area (Å²) in [4.78, 5) is 12.7. The topological polar surface area (TPSA) is 71.3 Å². The summed E-state index contributed by atoms with van der Waals surface area (Å²) < 4.78 is 12.3. The Bertz CT molecular complexity index is 1190. The predicted molar refractivity (Wildman–Crippen MR) is 130 cm³/mol. The predicted octanol–water partition coefficient (Wildman–Crippen LogP) is 6.20. The van der Waals surface area contributed by atoms with E-state index in [0.29, 0.717) is 29.4 Å². The molecule has 0 bridgehead atoms. The van der Waals surface area contributed by atoms with E-state index in [9.17, 15) is 10.1 Å². The van der Waals surface area contributed by atoms with E-state index in [-0.39, 0.29) is 5.57 Å². The zero-order valence-electron chi connectivity index (χ0n) is 18.1. The van der Waals surface area contributed by atoms with Crippen LogP contribution in [0.5, 0.6) is 11.5 Å². The highest BCUT2D eigenvalue weighted by Crippen LogP contribution is 2.30. The number of nitrogens with zero attached hydrogens (tertiary/aromatic N) is 1. The Labute approximate surface area is 196 Å². The molecule has 32 heavy (non-hydrogen) atoms. The van der Waals surface area contributed by atoms with Gasteiger partial charge in [0.25, 0.3) is 5.91 Å². The lowest BCUT2D eigenvalue weighted by Crippen LogP contribution is -2.14. The maximum Gasteiger partial charge on any atom is 0.266 e. The molecule has 0 saturated carbocycles. The van der Waals surface area contributed by atoms with Gasteiger partial charge in [-0.2, -0.15) is 5.26 Å². The fraction of sp³-hybridized carbons (Fsp3) is 0.154. The highest BCUT2D eigenvalue weighted by atomic mass is 79.9. The first-order chi connectivity index (χ1) is 15.4. The summed E-state index contributed by atoms with van der Waals surface area (Å²) in [5, 5.41) is 12.3. The van der Waals surface area contributed by atoms with Crippen LogP contribution in [0, 0.1) is 25.2 Å². The number of carbonyl (C=O) groups is 1. The maximum absolute atomic E-state index is 12.7. The highest BCUT2D eigenvalue weighted by molar-refractivity contribution is 9.10. The van der Waals surface area contributed by atoms with Crippen LogP contribution in [0.4, 0.5) is 5.69 Å². The normalized spacial score (nSPS) is 10.9. The minimum absolute atomic E-state index is 0.00325. The molecule has 0 aliphatic heterocycles. The Morgan fingerprint density at radius 3 is 2.50 bits per heavy atom. The van der Waals surface area contributed by atoms with Crippen molar-refractivity contribution in [3.63, 3.8) is 0 Å². The molecule has 5 nitrogen and oxygen atoms in total. The van der Waals surface area contributed by atoms with E-state index in [1.807, 2.05) is 62.4 Å². The first-order valence-corrected chi connectivity index (χ1v) is 10.7. The summed E-state index contributed by atoms with van der Waals surface area (Å²) in [5.41, 5.74) is 4.31. The molecule has 6 heteroatoms. The molecule has 3 aromatic rings. The van der Waals surface area contributed by atoms with Gasteiger partial charge >= 0.3 is 0 Å². The van der Waals surface area contributed by atoms with Crippen LogP contribution in [0.1, 0.15) is 22.3 Å². The van der Waals surface area contributed by atoms with Crippen LogP contribution >= 0.6 is 15.9 Å². The number of hydrogen-bond donors (Lipinski definition) is 1. The van der Waals surface area contributed by atoms with Crippen LogP contribution in [0.15, 0.2) is 70.7 Å². The smallest absolute Gasteiger partial charge is 0.266 e. The summed E-state index contributed by atoms with van der Waals surface area (Å²) in [6, 6.07) is 20.9. The van der Waals surface area contributed by atoms with E-state index in [2.05, 4.69) is 21.2 Å². The monoisotopic (exact) mass is 490 g/mol. The van der Waals surface area contributed by atoms with Crippen molar-refractivity contribution >= 4 is 33.6 Å². The summed E-state index contributed by atoms with van der Waals surface area (Å²) in [6.07, 6.45) is 1.53. The lowest BCUT2D eigenvalue weighted by molar-refractivity contribution is -0.112. The van der Waals surface area contributed by atoms with Crippen LogP contribution in [0.3, 0.4) is 0 Å². The Morgan fingerprint density at radius 2 is 1.81 bits per heavy atom. The van der Waals surface area contributed by atoms with Crippen molar-refractivity contribution in [2.45, 2.75) is 20.5 Å². The van der Waals surface area contributed by atoms with E-state index in [1.54, 1.807) is 25.3 Å². The average molecular weight is 491 g/mol. The van der Waals surface area contributed by atoms with Crippen molar-refractivity contribution in [1.29, 1.82) is 5.26 Å². The molecule has 0 spiro atoms. The number of amides is 1. The molecule has 0 aliphatic carbocycles. The second-order valence-electron chi connectivity index (χ2n) is 7.27. The number of hydrogen-bond acceptors (Lipinski definition) is 4. The van der Waals surface area contributed by atoms with Crippen molar-refractivity contribution in [2.75, 3.05) is 12.4 Å². The number of methoxy groups -OCH3 is 1. The summed E-state index contributed by atoms with van der Waals surface area (Å²) in [5.74, 6) is 0.629. The van der Waals surface area contributed by atoms with Gasteiger partial charge in [-0.3, -0.25) is 4.79 Å². The molecule has 0 aliphatic rings. The molecule has 0 heterocycles. The fourth-order valence-electron chi connectivity index (χ4n) is 3.01.